The van der Waals surface area contributed by atoms with Gasteiger partial charge in [-0.05, 0) is 82.6 Å². The Kier molecular flexibility index (Phi) is 19.9. The third kappa shape index (κ3) is 16.9. The molecule has 0 aromatic heterocycles. The molecule has 0 heterocycles. The molecule has 0 fully saturated rings. The van der Waals surface area contributed by atoms with E-state index in [0.717, 1.165) is 74.9 Å². The summed E-state index contributed by atoms with van der Waals surface area (Å²) in [5.74, 6) is 1.08. The molecule has 0 radical (unpaired) electrons. The van der Waals surface area contributed by atoms with Crippen LogP contribution in [0.25, 0.3) is 0 Å². The van der Waals surface area contributed by atoms with Crippen molar-refractivity contribution in [3.8, 4) is 11.5 Å². The van der Waals surface area contributed by atoms with Gasteiger partial charge in [0.25, 0.3) is 0 Å². The first-order valence-corrected chi connectivity index (χ1v) is 18.0. The van der Waals surface area contributed by atoms with E-state index in [0.29, 0.717) is 39.1 Å². The number of ether oxygens (including phenoxy) is 4. The minimum Gasteiger partial charge on any atom is -0.490 e. The second kappa shape index (κ2) is 23.3. The Labute approximate surface area is 296 Å². The summed E-state index contributed by atoms with van der Waals surface area (Å²) in [6, 6.07) is 16.1. The Balaban J connectivity index is 1.71. The molecule has 0 aliphatic carbocycles. The Hall–Kier alpha value is -3.18. The van der Waals surface area contributed by atoms with Crippen LogP contribution in [0.15, 0.2) is 48.5 Å². The lowest BCUT2D eigenvalue weighted by Crippen LogP contribution is -2.35. The minimum absolute atomic E-state index is 0.189. The third-order valence-corrected chi connectivity index (χ3v) is 8.83. The fourth-order valence-electron chi connectivity index (χ4n) is 5.27. The lowest BCUT2D eigenvalue weighted by molar-refractivity contribution is -0.145. The molecule has 276 valence electrons. The predicted molar refractivity (Wildman–Crippen MR) is 198 cm³/mol. The SMILES string of the molecule is CCCN(CCC(=O)OCCOc1ccc(C(C)(C)c2ccc(OCCOC(=O)CCN(CC)CCN(C)C)cc2)cc1)CCN(C)CC. The molecule has 10 heteroatoms. The van der Waals surface area contributed by atoms with Crippen molar-refractivity contribution in [1.29, 1.82) is 0 Å². The number of carbonyl (C=O) groups excluding carboxylic acids is 2. The van der Waals surface area contributed by atoms with Crippen molar-refractivity contribution < 1.29 is 28.5 Å². The monoisotopic (exact) mass is 684 g/mol. The molecule has 2 aromatic carbocycles. The molecule has 0 bridgehead atoms. The largest absolute Gasteiger partial charge is 0.490 e. The molecule has 0 aliphatic rings. The van der Waals surface area contributed by atoms with Crippen LogP contribution in [-0.2, 0) is 24.5 Å². The quantitative estimate of drug-likeness (QED) is 0.0977. The zero-order chi connectivity index (χ0) is 36.1. The van der Waals surface area contributed by atoms with Crippen LogP contribution in [0, 0.1) is 0 Å². The number of carbonyl (C=O) groups is 2. The van der Waals surface area contributed by atoms with Crippen LogP contribution >= 0.6 is 0 Å². The highest BCUT2D eigenvalue weighted by Crippen LogP contribution is 2.33. The Morgan fingerprint density at radius 2 is 1.04 bits per heavy atom. The first-order valence-electron chi connectivity index (χ1n) is 18.0. The number of rotatable bonds is 26. The van der Waals surface area contributed by atoms with Gasteiger partial charge in [0.05, 0.1) is 12.8 Å². The van der Waals surface area contributed by atoms with Gasteiger partial charge in [-0.1, -0.05) is 58.9 Å². The van der Waals surface area contributed by atoms with Gasteiger partial charge in [-0.15, -0.1) is 0 Å². The van der Waals surface area contributed by atoms with Crippen molar-refractivity contribution in [2.75, 3.05) is 106 Å². The summed E-state index contributed by atoms with van der Waals surface area (Å²) >= 11 is 0. The van der Waals surface area contributed by atoms with E-state index in [1.54, 1.807) is 0 Å². The average Bonchev–Trinajstić information content (AvgIpc) is 3.10. The van der Waals surface area contributed by atoms with Gasteiger partial charge < -0.3 is 38.5 Å². The van der Waals surface area contributed by atoms with Crippen molar-refractivity contribution in [3.63, 3.8) is 0 Å². The fourth-order valence-corrected chi connectivity index (χ4v) is 5.27. The molecule has 0 atom stereocenters. The van der Waals surface area contributed by atoms with E-state index in [-0.39, 0.29) is 30.6 Å². The smallest absolute Gasteiger partial charge is 0.307 e. The van der Waals surface area contributed by atoms with Crippen molar-refractivity contribution >= 4 is 11.9 Å². The summed E-state index contributed by atoms with van der Waals surface area (Å²) in [5, 5.41) is 0. The summed E-state index contributed by atoms with van der Waals surface area (Å²) in [6.45, 7) is 20.0. The number of hydrogen-bond donors (Lipinski definition) is 0. The molecule has 0 saturated heterocycles. The highest BCUT2D eigenvalue weighted by Gasteiger charge is 2.23. The highest BCUT2D eigenvalue weighted by molar-refractivity contribution is 5.69. The van der Waals surface area contributed by atoms with E-state index in [1.807, 2.05) is 24.3 Å². The van der Waals surface area contributed by atoms with E-state index in [9.17, 15) is 9.59 Å². The fraction of sp³-hybridized carbons (Fsp3) is 0.641. The predicted octanol–water partition coefficient (Wildman–Crippen LogP) is 5.18. The van der Waals surface area contributed by atoms with Crippen LogP contribution in [0.3, 0.4) is 0 Å². The van der Waals surface area contributed by atoms with Gasteiger partial charge in [-0.25, -0.2) is 0 Å². The third-order valence-electron chi connectivity index (χ3n) is 8.83. The first kappa shape index (κ1) is 42.0. The van der Waals surface area contributed by atoms with Gasteiger partial charge in [-0.3, -0.25) is 9.59 Å². The van der Waals surface area contributed by atoms with Crippen LogP contribution < -0.4 is 9.47 Å². The summed E-state index contributed by atoms with van der Waals surface area (Å²) in [7, 11) is 6.21. The molecule has 0 N–H and O–H groups in total. The zero-order valence-corrected chi connectivity index (χ0v) is 31.7. The topological polar surface area (TPSA) is 84.0 Å². The molecule has 0 saturated carbocycles. The molecule has 49 heavy (non-hydrogen) atoms. The second-order valence-electron chi connectivity index (χ2n) is 13.3. The van der Waals surface area contributed by atoms with Crippen molar-refractivity contribution in [1.82, 2.24) is 19.6 Å². The van der Waals surface area contributed by atoms with E-state index in [2.05, 4.69) is 99.6 Å². The highest BCUT2D eigenvalue weighted by atomic mass is 16.6. The molecule has 2 aromatic rings. The van der Waals surface area contributed by atoms with Gasteiger partial charge in [0.1, 0.15) is 37.9 Å². The van der Waals surface area contributed by atoms with Gasteiger partial charge in [0.15, 0.2) is 0 Å². The van der Waals surface area contributed by atoms with Gasteiger partial charge in [0, 0.05) is 44.7 Å². The Bertz CT molecular complexity index is 1190. The van der Waals surface area contributed by atoms with Crippen molar-refractivity contribution in [2.45, 2.75) is 59.3 Å². The van der Waals surface area contributed by atoms with Crippen LogP contribution in [0.4, 0.5) is 0 Å². The van der Waals surface area contributed by atoms with Crippen molar-refractivity contribution in [3.05, 3.63) is 59.7 Å². The number of hydrogen-bond acceptors (Lipinski definition) is 10. The van der Waals surface area contributed by atoms with Crippen LogP contribution in [-0.4, -0.2) is 138 Å². The summed E-state index contributed by atoms with van der Waals surface area (Å²) in [6.07, 6.45) is 1.83. The lowest BCUT2D eigenvalue weighted by Gasteiger charge is -2.26. The summed E-state index contributed by atoms with van der Waals surface area (Å²) in [5.41, 5.74) is 2.06. The summed E-state index contributed by atoms with van der Waals surface area (Å²) < 4.78 is 22.5. The van der Waals surface area contributed by atoms with Crippen LogP contribution in [0.1, 0.15) is 65.0 Å². The maximum Gasteiger partial charge on any atom is 0.307 e. The minimum atomic E-state index is -0.237. The van der Waals surface area contributed by atoms with E-state index < -0.39 is 0 Å². The number of likely N-dealkylation sites (N-methyl/N-ethyl adjacent to an activating group) is 3. The van der Waals surface area contributed by atoms with Gasteiger partial charge in [0.2, 0.25) is 0 Å². The Morgan fingerprint density at radius 3 is 1.47 bits per heavy atom. The van der Waals surface area contributed by atoms with Gasteiger partial charge >= 0.3 is 11.9 Å². The van der Waals surface area contributed by atoms with E-state index in [4.69, 9.17) is 18.9 Å². The maximum absolute atomic E-state index is 12.3. The molecular weight excluding hydrogens is 620 g/mol. The molecule has 10 nitrogen and oxygen atoms in total. The molecule has 0 amide bonds. The average molecular weight is 685 g/mol. The Morgan fingerprint density at radius 1 is 0.571 bits per heavy atom. The molecule has 0 spiro atoms. The first-order chi connectivity index (χ1) is 23.5. The molecular formula is C39H64N4O6. The second-order valence-corrected chi connectivity index (χ2v) is 13.3. The number of benzene rings is 2. The molecule has 0 aliphatic heterocycles. The molecule has 2 rings (SSSR count). The lowest BCUT2D eigenvalue weighted by atomic mass is 9.78. The zero-order valence-electron chi connectivity index (χ0n) is 31.7. The standard InChI is InChI=1S/C39H64N4O6/c1-9-22-43(28-26-41(8)10-2)24-21-38(45)49-32-30-47-36-18-14-34(15-19-36)39(4,5)33-12-16-35(17-13-33)46-29-31-48-37(44)20-23-42(11-3)27-25-40(6)7/h12-19H,9-11,20-32H2,1-8H3. The van der Waals surface area contributed by atoms with Crippen LogP contribution in [0.2, 0.25) is 0 Å². The number of esters is 2. The number of nitrogens with zero attached hydrogens (tertiary/aromatic N) is 4. The van der Waals surface area contributed by atoms with Crippen LogP contribution in [0.5, 0.6) is 11.5 Å². The van der Waals surface area contributed by atoms with E-state index in [1.165, 1.54) is 0 Å². The van der Waals surface area contributed by atoms with Crippen molar-refractivity contribution in [2.24, 2.45) is 0 Å². The normalized spacial score (nSPS) is 11.8. The van der Waals surface area contributed by atoms with Gasteiger partial charge in [-0.2, -0.15) is 0 Å². The molecule has 0 unspecified atom stereocenters. The summed E-state index contributed by atoms with van der Waals surface area (Å²) in [4.78, 5) is 33.5. The maximum atomic E-state index is 12.3. The van der Waals surface area contributed by atoms with E-state index >= 15 is 0 Å².